The Balaban J connectivity index is 1.15. The molecule has 5 aliphatic carbocycles. The normalized spacial score (nSPS) is 25.2. The molecule has 4 saturated carbocycles. The number of rotatable bonds is 2. The van der Waals surface area contributed by atoms with Gasteiger partial charge in [0.2, 0.25) is 0 Å². The third-order valence-corrected chi connectivity index (χ3v) is 12.7. The van der Waals surface area contributed by atoms with E-state index >= 15 is 0 Å². The predicted octanol–water partition coefficient (Wildman–Crippen LogP) is 11.3. The average Bonchev–Trinajstić information content (AvgIpc) is 3.77. The topological polar surface area (TPSA) is 52.1 Å². The van der Waals surface area contributed by atoms with Gasteiger partial charge in [0.1, 0.15) is 28.0 Å². The van der Waals surface area contributed by atoms with Gasteiger partial charge in [-0.3, -0.25) is 0 Å². The van der Waals surface area contributed by atoms with E-state index in [0.29, 0.717) is 17.7 Å². The third kappa shape index (κ3) is 3.17. The Hall–Kier alpha value is -5.22. The summed E-state index contributed by atoms with van der Waals surface area (Å²) in [6, 6.07) is 39.0. The summed E-state index contributed by atoms with van der Waals surface area (Å²) in [5.41, 5.74) is 13.0. The smallest absolute Gasteiger partial charge is 0.180 e. The highest BCUT2D eigenvalue weighted by Gasteiger charge is 2.61. The monoisotopic (exact) mass is 620 g/mol. The van der Waals surface area contributed by atoms with Crippen molar-refractivity contribution in [1.29, 1.82) is 0 Å². The van der Waals surface area contributed by atoms with Gasteiger partial charge in [0.05, 0.1) is 0 Å². The maximum atomic E-state index is 6.73. The molecule has 8 aromatic rings. The van der Waals surface area contributed by atoms with E-state index in [1.165, 1.54) is 54.2 Å². The quantitative estimate of drug-likeness (QED) is 0.193. The van der Waals surface area contributed by atoms with E-state index < -0.39 is 0 Å². The lowest BCUT2D eigenvalue weighted by molar-refractivity contribution is -0.0399. The molecular weight excluding hydrogens is 588 g/mol. The number of hydrogen-bond donors (Lipinski definition) is 0. The molecule has 4 fully saturated rings. The van der Waals surface area contributed by atoms with E-state index in [-0.39, 0.29) is 5.41 Å². The fourth-order valence-corrected chi connectivity index (χ4v) is 11.2. The van der Waals surface area contributed by atoms with Gasteiger partial charge in [-0.2, -0.15) is 0 Å². The fourth-order valence-electron chi connectivity index (χ4n) is 11.2. The van der Waals surface area contributed by atoms with Gasteiger partial charge in [-0.15, -0.1) is 0 Å². The van der Waals surface area contributed by atoms with Crippen molar-refractivity contribution < 1.29 is 8.83 Å². The molecule has 1 spiro atoms. The number of fused-ring (bicyclic) bond motifs is 9. The Morgan fingerprint density at radius 2 is 1.27 bits per heavy atom. The van der Waals surface area contributed by atoms with Crippen molar-refractivity contribution in [3.63, 3.8) is 0 Å². The first kappa shape index (κ1) is 25.8. The van der Waals surface area contributed by atoms with Crippen LogP contribution in [0, 0.1) is 23.7 Å². The Morgan fingerprint density at radius 1 is 0.542 bits per heavy atom. The number of furan rings is 2. The maximum absolute atomic E-state index is 6.73. The van der Waals surface area contributed by atoms with Crippen LogP contribution in [-0.2, 0) is 5.41 Å². The summed E-state index contributed by atoms with van der Waals surface area (Å²) in [5.74, 6) is 3.92. The highest BCUT2D eigenvalue weighted by Crippen LogP contribution is 2.69. The zero-order valence-electron chi connectivity index (χ0n) is 26.4. The van der Waals surface area contributed by atoms with Crippen molar-refractivity contribution in [3.8, 4) is 33.8 Å². The lowest BCUT2D eigenvalue weighted by atomic mass is 9.43. The molecule has 3 aromatic heterocycles. The summed E-state index contributed by atoms with van der Waals surface area (Å²) in [7, 11) is 0. The zero-order valence-corrected chi connectivity index (χ0v) is 26.4. The molecule has 5 aromatic carbocycles. The van der Waals surface area contributed by atoms with E-state index in [1.54, 1.807) is 5.56 Å². The molecule has 0 amide bonds. The number of para-hydroxylation sites is 1. The molecule has 4 nitrogen and oxygen atoms in total. The maximum Gasteiger partial charge on any atom is 0.180 e. The van der Waals surface area contributed by atoms with Gasteiger partial charge in [-0.05, 0) is 108 Å². The summed E-state index contributed by atoms with van der Waals surface area (Å²) < 4.78 is 13.2. The van der Waals surface area contributed by atoms with Crippen LogP contribution in [0.15, 0.2) is 118 Å². The van der Waals surface area contributed by atoms with Crippen molar-refractivity contribution in [1.82, 2.24) is 9.97 Å². The van der Waals surface area contributed by atoms with Crippen molar-refractivity contribution in [2.45, 2.75) is 37.5 Å². The fraction of sp³-hybridized carbons (Fsp3) is 0.227. The van der Waals surface area contributed by atoms with Crippen LogP contribution in [0.25, 0.3) is 77.8 Å². The molecule has 230 valence electrons. The lowest BCUT2D eigenvalue weighted by Crippen LogP contribution is -2.55. The number of aromatic nitrogens is 2. The highest BCUT2D eigenvalue weighted by molar-refractivity contribution is 6.14. The standard InChI is InChI=1S/C44H32N2O2/c1-2-9-26(10-3-1)40-42-41(30-12-5-7-15-36(30)48-42)46-43(45-40)31-13-8-16-37-39(31)33-22-35-32(23-38(33)47-37)29-11-4-6-14-34(29)44(35)27-18-24-17-25(20-27)21-28(44)19-24/h1-16,22-25,27-28H,17-21H2. The van der Waals surface area contributed by atoms with Crippen LogP contribution in [0.2, 0.25) is 0 Å². The largest absolute Gasteiger partial charge is 0.456 e. The molecule has 4 heteroatoms. The number of nitrogens with zero attached hydrogens (tertiary/aromatic N) is 2. The second-order valence-electron chi connectivity index (χ2n) is 14.9. The number of benzene rings is 5. The van der Waals surface area contributed by atoms with Gasteiger partial charge in [0.15, 0.2) is 11.4 Å². The molecule has 0 unspecified atom stereocenters. The van der Waals surface area contributed by atoms with Crippen LogP contribution in [0.4, 0.5) is 0 Å². The van der Waals surface area contributed by atoms with Crippen LogP contribution >= 0.6 is 0 Å². The second-order valence-corrected chi connectivity index (χ2v) is 14.9. The van der Waals surface area contributed by atoms with Gasteiger partial charge < -0.3 is 8.83 Å². The average molecular weight is 621 g/mol. The Kier molecular flexibility index (Phi) is 4.85. The first-order valence-electron chi connectivity index (χ1n) is 17.6. The second kappa shape index (κ2) is 9.02. The Labute approximate surface area is 277 Å². The van der Waals surface area contributed by atoms with Gasteiger partial charge in [-0.25, -0.2) is 9.97 Å². The zero-order chi connectivity index (χ0) is 31.1. The first-order valence-corrected chi connectivity index (χ1v) is 17.6. The van der Waals surface area contributed by atoms with Crippen molar-refractivity contribution >= 4 is 44.0 Å². The van der Waals surface area contributed by atoms with Crippen molar-refractivity contribution in [2.75, 3.05) is 0 Å². The Bertz CT molecular complexity index is 2620. The highest BCUT2D eigenvalue weighted by atomic mass is 16.3. The molecule has 0 N–H and O–H groups in total. The van der Waals surface area contributed by atoms with Crippen LogP contribution in [0.3, 0.4) is 0 Å². The van der Waals surface area contributed by atoms with Gasteiger partial charge >= 0.3 is 0 Å². The van der Waals surface area contributed by atoms with Crippen molar-refractivity contribution in [2.24, 2.45) is 23.7 Å². The summed E-state index contributed by atoms with van der Waals surface area (Å²) >= 11 is 0. The molecule has 0 radical (unpaired) electrons. The van der Waals surface area contributed by atoms with Crippen LogP contribution in [-0.4, -0.2) is 9.97 Å². The minimum Gasteiger partial charge on any atom is -0.456 e. The Morgan fingerprint density at radius 3 is 2.12 bits per heavy atom. The molecule has 0 aliphatic heterocycles. The summed E-state index contributed by atoms with van der Waals surface area (Å²) in [5, 5.41) is 3.26. The van der Waals surface area contributed by atoms with Crippen molar-refractivity contribution in [3.05, 3.63) is 120 Å². The van der Waals surface area contributed by atoms with E-state index in [0.717, 1.165) is 67.3 Å². The summed E-state index contributed by atoms with van der Waals surface area (Å²) in [6.45, 7) is 0. The SMILES string of the molecule is c1ccc(-c2nc(-c3cccc4oc5cc6c(cc5c34)C3(c4ccccc4-6)C4CC5CC(C4)CC3C5)nc3c2oc2ccccc23)cc1. The number of hydrogen-bond acceptors (Lipinski definition) is 4. The summed E-state index contributed by atoms with van der Waals surface area (Å²) in [4.78, 5) is 10.5. The molecule has 48 heavy (non-hydrogen) atoms. The van der Waals surface area contributed by atoms with E-state index in [4.69, 9.17) is 18.8 Å². The molecule has 0 saturated heterocycles. The van der Waals surface area contributed by atoms with Gasteiger partial charge in [0.25, 0.3) is 0 Å². The van der Waals surface area contributed by atoms with Crippen LogP contribution in [0.5, 0.6) is 0 Å². The van der Waals surface area contributed by atoms with E-state index in [1.807, 2.05) is 24.3 Å². The summed E-state index contributed by atoms with van der Waals surface area (Å²) in [6.07, 6.45) is 6.92. The predicted molar refractivity (Wildman–Crippen MR) is 191 cm³/mol. The lowest BCUT2D eigenvalue weighted by Gasteiger charge is -2.61. The van der Waals surface area contributed by atoms with Gasteiger partial charge in [-0.1, -0.05) is 78.9 Å². The first-order chi connectivity index (χ1) is 23.7. The van der Waals surface area contributed by atoms with Gasteiger partial charge in [0, 0.05) is 32.7 Å². The third-order valence-electron chi connectivity index (χ3n) is 12.7. The van der Waals surface area contributed by atoms with E-state index in [9.17, 15) is 0 Å². The molecule has 13 rings (SSSR count). The van der Waals surface area contributed by atoms with Crippen LogP contribution < -0.4 is 0 Å². The van der Waals surface area contributed by atoms with E-state index in [2.05, 4.69) is 84.9 Å². The molecule has 0 atom stereocenters. The molecule has 3 heterocycles. The molecule has 4 bridgehead atoms. The minimum atomic E-state index is 0.0949. The van der Waals surface area contributed by atoms with Crippen LogP contribution in [0.1, 0.15) is 43.2 Å². The minimum absolute atomic E-state index is 0.0949. The molecule has 5 aliphatic rings. The molecular formula is C44H32N2O2.